The topological polar surface area (TPSA) is 106 Å². The number of nitrogens with zero attached hydrogens (tertiary/aromatic N) is 2. The Labute approximate surface area is 134 Å². The number of hydrazone groups is 1. The molecule has 1 saturated heterocycles. The van der Waals surface area contributed by atoms with E-state index < -0.39 is 6.03 Å². The summed E-state index contributed by atoms with van der Waals surface area (Å²) < 4.78 is 10.8. The first-order valence-electron chi connectivity index (χ1n) is 7.27. The Morgan fingerprint density at radius 3 is 2.74 bits per heavy atom. The minimum Gasteiger partial charge on any atom is -0.493 e. The molecule has 8 heteroatoms. The average molecular weight is 320 g/mol. The molecule has 0 unspecified atom stereocenters. The average Bonchev–Trinajstić information content (AvgIpc) is 3.07. The highest BCUT2D eigenvalue weighted by atomic mass is 16.5. The molecule has 1 heterocycles. The van der Waals surface area contributed by atoms with Gasteiger partial charge in [0.2, 0.25) is 0 Å². The molecule has 1 aliphatic rings. The van der Waals surface area contributed by atoms with Gasteiger partial charge in [0, 0.05) is 13.1 Å². The number of carbonyl (C=O) groups excluding carboxylic acids is 2. The fourth-order valence-electron chi connectivity index (χ4n) is 2.25. The van der Waals surface area contributed by atoms with Crippen LogP contribution in [0.2, 0.25) is 0 Å². The number of urea groups is 1. The van der Waals surface area contributed by atoms with E-state index in [4.69, 9.17) is 15.2 Å². The van der Waals surface area contributed by atoms with Gasteiger partial charge in [0.25, 0.3) is 5.91 Å². The molecule has 3 amide bonds. The largest absolute Gasteiger partial charge is 0.493 e. The maximum Gasteiger partial charge on any atom is 0.332 e. The van der Waals surface area contributed by atoms with E-state index in [0.29, 0.717) is 17.1 Å². The van der Waals surface area contributed by atoms with Crippen molar-refractivity contribution >= 4 is 18.2 Å². The van der Waals surface area contributed by atoms with E-state index >= 15 is 0 Å². The van der Waals surface area contributed by atoms with Crippen LogP contribution in [0.1, 0.15) is 18.4 Å². The summed E-state index contributed by atoms with van der Waals surface area (Å²) in [7, 11) is 1.51. The summed E-state index contributed by atoms with van der Waals surface area (Å²) in [6, 6.07) is 4.35. The molecule has 124 valence electrons. The number of benzene rings is 1. The lowest BCUT2D eigenvalue weighted by molar-refractivity contribution is -0.132. The Morgan fingerprint density at radius 2 is 2.09 bits per heavy atom. The van der Waals surface area contributed by atoms with Crippen molar-refractivity contribution in [1.29, 1.82) is 0 Å². The predicted molar refractivity (Wildman–Crippen MR) is 84.6 cm³/mol. The lowest BCUT2D eigenvalue weighted by atomic mass is 10.2. The van der Waals surface area contributed by atoms with Crippen LogP contribution in [0.15, 0.2) is 23.3 Å². The summed E-state index contributed by atoms with van der Waals surface area (Å²) in [5, 5.41) is 3.67. The van der Waals surface area contributed by atoms with Crippen molar-refractivity contribution in [1.82, 2.24) is 10.3 Å². The summed E-state index contributed by atoms with van der Waals surface area (Å²) in [4.78, 5) is 24.3. The third-order valence-corrected chi connectivity index (χ3v) is 3.39. The quantitative estimate of drug-likeness (QED) is 0.594. The van der Waals surface area contributed by atoms with E-state index in [2.05, 4.69) is 10.5 Å². The van der Waals surface area contributed by atoms with Crippen molar-refractivity contribution in [2.24, 2.45) is 10.8 Å². The van der Waals surface area contributed by atoms with Gasteiger partial charge in [-0.1, -0.05) is 0 Å². The first-order valence-corrected chi connectivity index (χ1v) is 7.27. The SMILES string of the molecule is COc1cc(C=NNC(N)=O)ccc1OCC(=O)N1CCCC1. The second-order valence-corrected chi connectivity index (χ2v) is 5.02. The highest BCUT2D eigenvalue weighted by molar-refractivity contribution is 5.82. The highest BCUT2D eigenvalue weighted by Gasteiger charge is 2.18. The van der Waals surface area contributed by atoms with Crippen LogP contribution in [0.25, 0.3) is 0 Å². The molecule has 0 aliphatic carbocycles. The van der Waals surface area contributed by atoms with E-state index in [1.54, 1.807) is 23.1 Å². The van der Waals surface area contributed by atoms with Crippen molar-refractivity contribution in [2.75, 3.05) is 26.8 Å². The number of ether oxygens (including phenoxy) is 2. The number of hydrogen-bond acceptors (Lipinski definition) is 5. The van der Waals surface area contributed by atoms with Crippen LogP contribution < -0.4 is 20.6 Å². The van der Waals surface area contributed by atoms with Crippen LogP contribution in [0.3, 0.4) is 0 Å². The van der Waals surface area contributed by atoms with Crippen molar-refractivity contribution in [3.8, 4) is 11.5 Å². The van der Waals surface area contributed by atoms with Gasteiger partial charge in [-0.05, 0) is 36.6 Å². The van der Waals surface area contributed by atoms with Gasteiger partial charge in [0.15, 0.2) is 18.1 Å². The normalized spacial score (nSPS) is 14.0. The summed E-state index contributed by atoms with van der Waals surface area (Å²) in [6.45, 7) is 1.57. The Kier molecular flexibility index (Phi) is 5.79. The Bertz CT molecular complexity index is 597. The van der Waals surface area contributed by atoms with E-state index in [-0.39, 0.29) is 12.5 Å². The summed E-state index contributed by atoms with van der Waals surface area (Å²) in [5.74, 6) is 0.920. The maximum absolute atomic E-state index is 12.0. The lowest BCUT2D eigenvalue weighted by Crippen LogP contribution is -2.32. The fourth-order valence-corrected chi connectivity index (χ4v) is 2.25. The van der Waals surface area contributed by atoms with E-state index in [0.717, 1.165) is 25.9 Å². The van der Waals surface area contributed by atoms with Crippen LogP contribution in [0, 0.1) is 0 Å². The molecule has 8 nitrogen and oxygen atoms in total. The summed E-state index contributed by atoms with van der Waals surface area (Å²) in [6.07, 6.45) is 3.51. The third-order valence-electron chi connectivity index (χ3n) is 3.39. The van der Waals surface area contributed by atoms with Gasteiger partial charge in [-0.3, -0.25) is 4.79 Å². The zero-order valence-corrected chi connectivity index (χ0v) is 12.9. The van der Waals surface area contributed by atoms with E-state index in [9.17, 15) is 9.59 Å². The second kappa shape index (κ2) is 8.02. The second-order valence-electron chi connectivity index (χ2n) is 5.02. The number of amides is 3. The smallest absolute Gasteiger partial charge is 0.332 e. The van der Waals surface area contributed by atoms with E-state index in [1.165, 1.54) is 13.3 Å². The number of methoxy groups -OCH3 is 1. The molecule has 3 N–H and O–H groups in total. The number of likely N-dealkylation sites (tertiary alicyclic amines) is 1. The Balaban J connectivity index is 1.97. The molecule has 1 aromatic carbocycles. The minimum absolute atomic E-state index is 0.0208. The van der Waals surface area contributed by atoms with Crippen molar-refractivity contribution in [3.05, 3.63) is 23.8 Å². The molecule has 0 aromatic heterocycles. The Morgan fingerprint density at radius 1 is 1.35 bits per heavy atom. The van der Waals surface area contributed by atoms with Crippen LogP contribution in [-0.2, 0) is 4.79 Å². The Hall–Kier alpha value is -2.77. The number of carbonyl (C=O) groups is 2. The van der Waals surface area contributed by atoms with Gasteiger partial charge in [0.05, 0.1) is 13.3 Å². The molecule has 1 aromatic rings. The molecule has 1 aliphatic heterocycles. The van der Waals surface area contributed by atoms with Gasteiger partial charge >= 0.3 is 6.03 Å². The molecular formula is C15H20N4O4. The minimum atomic E-state index is -0.742. The molecule has 1 fully saturated rings. The number of nitrogens with two attached hydrogens (primary N) is 1. The first-order chi connectivity index (χ1) is 11.1. The molecule has 23 heavy (non-hydrogen) atoms. The molecule has 0 atom stereocenters. The first kappa shape index (κ1) is 16.6. The van der Waals surface area contributed by atoms with Gasteiger partial charge < -0.3 is 20.1 Å². The van der Waals surface area contributed by atoms with Gasteiger partial charge in [-0.25, -0.2) is 10.2 Å². The van der Waals surface area contributed by atoms with Crippen molar-refractivity contribution in [2.45, 2.75) is 12.8 Å². The molecular weight excluding hydrogens is 300 g/mol. The zero-order chi connectivity index (χ0) is 16.7. The maximum atomic E-state index is 12.0. The van der Waals surface area contributed by atoms with Gasteiger partial charge in [0.1, 0.15) is 0 Å². The van der Waals surface area contributed by atoms with Crippen LogP contribution in [-0.4, -0.2) is 49.9 Å². The molecule has 0 bridgehead atoms. The van der Waals surface area contributed by atoms with Gasteiger partial charge in [-0.2, -0.15) is 5.10 Å². The monoisotopic (exact) mass is 320 g/mol. The number of primary amides is 1. The molecule has 0 spiro atoms. The van der Waals surface area contributed by atoms with Crippen LogP contribution >= 0.6 is 0 Å². The number of hydrogen-bond donors (Lipinski definition) is 2. The van der Waals surface area contributed by atoms with E-state index in [1.807, 2.05) is 0 Å². The predicted octanol–water partition coefficient (Wildman–Crippen LogP) is 0.699. The zero-order valence-electron chi connectivity index (χ0n) is 12.9. The highest BCUT2D eigenvalue weighted by Crippen LogP contribution is 2.27. The molecule has 0 saturated carbocycles. The van der Waals surface area contributed by atoms with Crippen molar-refractivity contribution in [3.63, 3.8) is 0 Å². The number of rotatable bonds is 6. The summed E-state index contributed by atoms with van der Waals surface area (Å²) in [5.41, 5.74) is 7.70. The lowest BCUT2D eigenvalue weighted by Gasteiger charge is -2.16. The third kappa shape index (κ3) is 4.87. The van der Waals surface area contributed by atoms with Gasteiger partial charge in [-0.15, -0.1) is 0 Å². The molecule has 2 rings (SSSR count). The van der Waals surface area contributed by atoms with Crippen LogP contribution in [0.5, 0.6) is 11.5 Å². The standard InChI is InChI=1S/C15H20N4O4/c1-22-13-8-11(9-17-18-15(16)21)4-5-12(13)23-10-14(20)19-6-2-3-7-19/h4-5,8-9H,2-3,6-7,10H2,1H3,(H3,16,18,21). The summed E-state index contributed by atoms with van der Waals surface area (Å²) >= 11 is 0. The fraction of sp³-hybridized carbons (Fsp3) is 0.400. The number of nitrogens with one attached hydrogen (secondary N) is 1. The van der Waals surface area contributed by atoms with Crippen LogP contribution in [0.4, 0.5) is 4.79 Å². The van der Waals surface area contributed by atoms with Crippen molar-refractivity contribution < 1.29 is 19.1 Å². The molecule has 0 radical (unpaired) electrons.